The Morgan fingerprint density at radius 1 is 1.44 bits per heavy atom. The minimum Gasteiger partial charge on any atom is -0.396 e. The quantitative estimate of drug-likeness (QED) is 0.613. The third-order valence-electron chi connectivity index (χ3n) is 4.39. The number of piperidine rings is 1. The van der Waals surface area contributed by atoms with Crippen molar-refractivity contribution in [2.75, 3.05) is 19.7 Å². The SMILES string of the molecule is O=C1/C(=C\c2cccs2)SC(=S)N1CC(=O)N1CCCCC1CCO. The van der Waals surface area contributed by atoms with Crippen molar-refractivity contribution in [3.8, 4) is 0 Å². The van der Waals surface area contributed by atoms with Crippen LogP contribution >= 0.6 is 35.3 Å². The van der Waals surface area contributed by atoms with Crippen LogP contribution in [0.15, 0.2) is 22.4 Å². The molecule has 0 aromatic carbocycles. The summed E-state index contributed by atoms with van der Waals surface area (Å²) in [5.74, 6) is -0.292. The first-order chi connectivity index (χ1) is 12.1. The Morgan fingerprint density at radius 3 is 3.00 bits per heavy atom. The molecule has 1 aromatic heterocycles. The highest BCUT2D eigenvalue weighted by molar-refractivity contribution is 8.26. The molecular formula is C17H20N2O3S3. The molecule has 2 aliphatic rings. The zero-order valence-corrected chi connectivity index (χ0v) is 16.2. The second kappa shape index (κ2) is 8.44. The second-order valence-electron chi connectivity index (χ2n) is 6.03. The monoisotopic (exact) mass is 396 g/mol. The largest absolute Gasteiger partial charge is 0.396 e. The molecule has 1 aromatic rings. The van der Waals surface area contributed by atoms with Gasteiger partial charge in [0.15, 0.2) is 0 Å². The number of thiophene rings is 1. The smallest absolute Gasteiger partial charge is 0.266 e. The maximum Gasteiger partial charge on any atom is 0.266 e. The Labute approximate surface area is 160 Å². The summed E-state index contributed by atoms with van der Waals surface area (Å²) in [6.07, 6.45) is 5.35. The summed E-state index contributed by atoms with van der Waals surface area (Å²) in [6.45, 7) is 0.733. The van der Waals surface area contributed by atoms with E-state index in [9.17, 15) is 14.7 Å². The predicted octanol–water partition coefficient (Wildman–Crippen LogP) is 2.71. The van der Waals surface area contributed by atoms with E-state index in [0.29, 0.717) is 22.2 Å². The van der Waals surface area contributed by atoms with E-state index in [2.05, 4.69) is 0 Å². The molecule has 0 radical (unpaired) electrons. The number of carbonyl (C=O) groups excluding carboxylic acids is 2. The fourth-order valence-electron chi connectivity index (χ4n) is 3.14. The van der Waals surface area contributed by atoms with E-state index in [0.717, 1.165) is 24.1 Å². The van der Waals surface area contributed by atoms with Crippen LogP contribution in [0.25, 0.3) is 6.08 Å². The van der Waals surface area contributed by atoms with E-state index in [1.807, 2.05) is 23.6 Å². The van der Waals surface area contributed by atoms with Gasteiger partial charge >= 0.3 is 0 Å². The first-order valence-corrected chi connectivity index (χ1v) is 10.4. The highest BCUT2D eigenvalue weighted by atomic mass is 32.2. The van der Waals surface area contributed by atoms with E-state index in [1.54, 1.807) is 16.2 Å². The number of amides is 2. The molecule has 0 saturated carbocycles. The first-order valence-electron chi connectivity index (χ1n) is 8.29. The molecule has 1 N–H and O–H groups in total. The van der Waals surface area contributed by atoms with E-state index in [1.165, 1.54) is 16.7 Å². The average molecular weight is 397 g/mol. The second-order valence-corrected chi connectivity index (χ2v) is 8.69. The molecule has 1 unspecified atom stereocenters. The lowest BCUT2D eigenvalue weighted by molar-refractivity contribution is -0.138. The van der Waals surface area contributed by atoms with Crippen LogP contribution in [0.4, 0.5) is 0 Å². The highest BCUT2D eigenvalue weighted by Crippen LogP contribution is 2.33. The van der Waals surface area contributed by atoms with Crippen molar-refractivity contribution >= 4 is 57.5 Å². The minimum absolute atomic E-state index is 0.0195. The maximum absolute atomic E-state index is 12.7. The first kappa shape index (κ1) is 18.6. The van der Waals surface area contributed by atoms with Gasteiger partial charge in [0.2, 0.25) is 5.91 Å². The van der Waals surface area contributed by atoms with Gasteiger partial charge in [0, 0.05) is 24.1 Å². The lowest BCUT2D eigenvalue weighted by atomic mass is 9.99. The van der Waals surface area contributed by atoms with Crippen LogP contribution in [0.1, 0.15) is 30.6 Å². The number of rotatable bonds is 5. The van der Waals surface area contributed by atoms with E-state index in [-0.39, 0.29) is 31.0 Å². The van der Waals surface area contributed by atoms with E-state index in [4.69, 9.17) is 12.2 Å². The number of nitrogens with zero attached hydrogens (tertiary/aromatic N) is 2. The molecule has 0 spiro atoms. The van der Waals surface area contributed by atoms with Crippen molar-refractivity contribution in [1.82, 2.24) is 9.80 Å². The van der Waals surface area contributed by atoms with Gasteiger partial charge < -0.3 is 10.0 Å². The Morgan fingerprint density at radius 2 is 2.28 bits per heavy atom. The summed E-state index contributed by atoms with van der Waals surface area (Å²) >= 11 is 8.11. The number of aliphatic hydroxyl groups is 1. The molecule has 25 heavy (non-hydrogen) atoms. The van der Waals surface area contributed by atoms with Crippen LogP contribution in [-0.4, -0.2) is 56.8 Å². The molecule has 0 bridgehead atoms. The van der Waals surface area contributed by atoms with Gasteiger partial charge in [-0.1, -0.05) is 30.0 Å². The molecule has 0 aliphatic carbocycles. The lowest BCUT2D eigenvalue weighted by Crippen LogP contribution is -2.49. The molecule has 2 saturated heterocycles. The fraction of sp³-hybridized carbons (Fsp3) is 0.471. The summed E-state index contributed by atoms with van der Waals surface area (Å²) in [4.78, 5) is 30.1. The average Bonchev–Trinajstić information content (AvgIpc) is 3.20. The molecule has 5 nitrogen and oxygen atoms in total. The fourth-order valence-corrected chi connectivity index (χ4v) is 5.12. The molecule has 2 fully saturated rings. The number of carbonyl (C=O) groups is 2. The van der Waals surface area contributed by atoms with Crippen molar-refractivity contribution in [3.05, 3.63) is 27.3 Å². The molecule has 3 heterocycles. The summed E-state index contributed by atoms with van der Waals surface area (Å²) in [6, 6.07) is 3.93. The van der Waals surface area contributed by atoms with Gasteiger partial charge in [0.05, 0.1) is 4.91 Å². The molecule has 8 heteroatoms. The van der Waals surface area contributed by atoms with Gasteiger partial charge in [0.25, 0.3) is 5.91 Å². The molecule has 3 rings (SSSR count). The summed E-state index contributed by atoms with van der Waals surface area (Å²) in [5, 5.41) is 11.2. The molecule has 2 amide bonds. The number of aliphatic hydroxyl groups excluding tert-OH is 1. The van der Waals surface area contributed by atoms with Crippen LogP contribution in [0.2, 0.25) is 0 Å². The Hall–Kier alpha value is -1.22. The van der Waals surface area contributed by atoms with Gasteiger partial charge in [-0.25, -0.2) is 0 Å². The number of thiocarbonyl (C=S) groups is 1. The number of likely N-dealkylation sites (tertiary alicyclic amines) is 1. The van der Waals surface area contributed by atoms with E-state index < -0.39 is 0 Å². The van der Waals surface area contributed by atoms with Crippen LogP contribution in [0, 0.1) is 0 Å². The van der Waals surface area contributed by atoms with Crippen molar-refractivity contribution in [2.24, 2.45) is 0 Å². The summed E-state index contributed by atoms with van der Waals surface area (Å²) < 4.78 is 0.428. The van der Waals surface area contributed by atoms with Gasteiger partial charge in [-0.2, -0.15) is 0 Å². The zero-order valence-electron chi connectivity index (χ0n) is 13.7. The zero-order chi connectivity index (χ0) is 17.8. The minimum atomic E-state index is -0.201. The number of thioether (sulfide) groups is 1. The number of hydrogen-bond acceptors (Lipinski definition) is 6. The van der Waals surface area contributed by atoms with E-state index >= 15 is 0 Å². The van der Waals surface area contributed by atoms with Crippen molar-refractivity contribution < 1.29 is 14.7 Å². The third-order valence-corrected chi connectivity index (χ3v) is 6.59. The van der Waals surface area contributed by atoms with Crippen LogP contribution in [-0.2, 0) is 9.59 Å². The molecular weight excluding hydrogens is 376 g/mol. The molecule has 1 atom stereocenters. The summed E-state index contributed by atoms with van der Waals surface area (Å²) in [7, 11) is 0. The van der Waals surface area contributed by atoms with Crippen molar-refractivity contribution in [1.29, 1.82) is 0 Å². The van der Waals surface area contributed by atoms with Gasteiger partial charge in [-0.3, -0.25) is 14.5 Å². The van der Waals surface area contributed by atoms with Gasteiger partial charge in [-0.05, 0) is 43.2 Å². The molecule has 134 valence electrons. The van der Waals surface area contributed by atoms with Crippen molar-refractivity contribution in [3.63, 3.8) is 0 Å². The van der Waals surface area contributed by atoms with Crippen LogP contribution in [0.5, 0.6) is 0 Å². The summed E-state index contributed by atoms with van der Waals surface area (Å²) in [5.41, 5.74) is 0. The van der Waals surface area contributed by atoms with Gasteiger partial charge in [0.1, 0.15) is 10.9 Å². The highest BCUT2D eigenvalue weighted by Gasteiger charge is 2.36. The predicted molar refractivity (Wildman–Crippen MR) is 105 cm³/mol. The number of hydrogen-bond donors (Lipinski definition) is 1. The van der Waals surface area contributed by atoms with Crippen LogP contribution < -0.4 is 0 Å². The molecule has 2 aliphatic heterocycles. The Bertz CT molecular complexity index is 685. The normalized spacial score (nSPS) is 22.9. The Kier molecular flexibility index (Phi) is 6.27. The van der Waals surface area contributed by atoms with Crippen molar-refractivity contribution in [2.45, 2.75) is 31.7 Å². The third kappa shape index (κ3) is 4.31. The maximum atomic E-state index is 12.7. The van der Waals surface area contributed by atoms with Crippen LogP contribution in [0.3, 0.4) is 0 Å². The standard InChI is InChI=1S/C17H20N2O3S3/c20-8-6-12-4-1-2-7-18(12)15(21)11-19-16(22)14(25-17(19)23)10-13-5-3-9-24-13/h3,5,9-10,12,20H,1-2,4,6-8,11H2/b14-10+. The lowest BCUT2D eigenvalue weighted by Gasteiger charge is -2.36. The Balaban J connectivity index is 1.68. The topological polar surface area (TPSA) is 60.9 Å². The van der Waals surface area contributed by atoms with Gasteiger partial charge in [-0.15, -0.1) is 11.3 Å².